The van der Waals surface area contributed by atoms with E-state index in [1.54, 1.807) is 0 Å². The molecular weight excluding hydrogens is 269 g/mol. The first-order valence-corrected chi connectivity index (χ1v) is 5.84. The summed E-state index contributed by atoms with van der Waals surface area (Å²) < 4.78 is 13.1. The van der Waals surface area contributed by atoms with E-state index in [2.05, 4.69) is 0 Å². The van der Waals surface area contributed by atoms with Gasteiger partial charge in [-0.1, -0.05) is 6.07 Å². The maximum absolute atomic E-state index is 13.1. The molecule has 108 valence electrons. The van der Waals surface area contributed by atoms with Crippen molar-refractivity contribution in [3.63, 3.8) is 0 Å². The normalized spacial score (nSPS) is 11.7. The molecule has 0 heterocycles. The molecule has 0 saturated carbocycles. The quantitative estimate of drug-likeness (QED) is 0.818. The summed E-state index contributed by atoms with van der Waals surface area (Å²) in [5.41, 5.74) is -0.0245. The van der Waals surface area contributed by atoms with Crippen molar-refractivity contribution in [1.29, 1.82) is 0 Å². The molecule has 0 aliphatic carbocycles. The van der Waals surface area contributed by atoms with Gasteiger partial charge >= 0.3 is 11.9 Å². The topological polar surface area (TPSA) is 94.9 Å². The van der Waals surface area contributed by atoms with Crippen molar-refractivity contribution >= 4 is 17.8 Å². The molecule has 0 fully saturated rings. The lowest BCUT2D eigenvalue weighted by molar-refractivity contribution is -0.143. The number of aliphatic carboxylic acids is 2. The number of amides is 1. The Balaban J connectivity index is 2.99. The third-order valence-corrected chi connectivity index (χ3v) is 2.72. The highest BCUT2D eigenvalue weighted by Gasteiger charge is 2.27. The smallest absolute Gasteiger partial charge is 0.326 e. The van der Waals surface area contributed by atoms with Crippen LogP contribution >= 0.6 is 0 Å². The van der Waals surface area contributed by atoms with E-state index in [9.17, 15) is 18.8 Å². The fourth-order valence-corrected chi connectivity index (χ4v) is 1.61. The van der Waals surface area contributed by atoms with Gasteiger partial charge in [0.1, 0.15) is 11.9 Å². The second-order valence-electron chi connectivity index (χ2n) is 4.17. The van der Waals surface area contributed by atoms with Gasteiger partial charge in [-0.3, -0.25) is 9.59 Å². The lowest BCUT2D eigenvalue weighted by Crippen LogP contribution is -2.44. The molecule has 7 heteroatoms. The van der Waals surface area contributed by atoms with Crippen LogP contribution in [0.1, 0.15) is 23.7 Å². The van der Waals surface area contributed by atoms with Crippen LogP contribution in [0.5, 0.6) is 0 Å². The average molecular weight is 283 g/mol. The van der Waals surface area contributed by atoms with Crippen molar-refractivity contribution in [2.45, 2.75) is 19.4 Å². The highest BCUT2D eigenvalue weighted by Crippen LogP contribution is 2.11. The number of carboxylic acid groups (broad SMARTS) is 2. The monoisotopic (exact) mass is 283 g/mol. The summed E-state index contributed by atoms with van der Waals surface area (Å²) in [6.45, 7) is 1.000. The molecule has 0 aliphatic heterocycles. The predicted molar refractivity (Wildman–Crippen MR) is 66.8 cm³/mol. The number of carbonyl (C=O) groups is 3. The number of halogens is 1. The van der Waals surface area contributed by atoms with Crippen molar-refractivity contribution in [3.8, 4) is 0 Å². The van der Waals surface area contributed by atoms with Crippen molar-refractivity contribution in [2.24, 2.45) is 0 Å². The van der Waals surface area contributed by atoms with E-state index in [0.29, 0.717) is 0 Å². The van der Waals surface area contributed by atoms with Crippen LogP contribution in [0.2, 0.25) is 0 Å². The third-order valence-electron chi connectivity index (χ3n) is 2.72. The molecule has 0 bridgehead atoms. The van der Waals surface area contributed by atoms with Gasteiger partial charge in [0, 0.05) is 12.1 Å². The molecule has 1 aromatic carbocycles. The third kappa shape index (κ3) is 4.04. The fraction of sp³-hybridized carbons (Fsp3) is 0.308. The second kappa shape index (κ2) is 6.65. The standard InChI is InChI=1S/C13H14FNO5/c1-8(13(19)20)15(6-5-11(16)17)12(18)9-3-2-4-10(14)7-9/h2-4,7-8H,5-6H2,1H3,(H,16,17)(H,19,20). The number of nitrogens with zero attached hydrogens (tertiary/aromatic N) is 1. The van der Waals surface area contributed by atoms with Gasteiger partial charge in [-0.2, -0.15) is 0 Å². The second-order valence-corrected chi connectivity index (χ2v) is 4.17. The lowest BCUT2D eigenvalue weighted by Gasteiger charge is -2.26. The number of hydrogen-bond acceptors (Lipinski definition) is 3. The van der Waals surface area contributed by atoms with Crippen molar-refractivity contribution in [3.05, 3.63) is 35.6 Å². The predicted octanol–water partition coefficient (Wildman–Crippen LogP) is 1.22. The minimum absolute atomic E-state index is 0.0245. The highest BCUT2D eigenvalue weighted by molar-refractivity contribution is 5.96. The van der Waals surface area contributed by atoms with Crippen molar-refractivity contribution < 1.29 is 29.0 Å². The maximum Gasteiger partial charge on any atom is 0.326 e. The number of carboxylic acids is 2. The van der Waals surface area contributed by atoms with Gasteiger partial charge in [-0.05, 0) is 25.1 Å². The Morgan fingerprint density at radius 1 is 1.30 bits per heavy atom. The van der Waals surface area contributed by atoms with Gasteiger partial charge in [0.05, 0.1) is 6.42 Å². The highest BCUT2D eigenvalue weighted by atomic mass is 19.1. The fourth-order valence-electron chi connectivity index (χ4n) is 1.61. The molecule has 1 rings (SSSR count). The van der Waals surface area contributed by atoms with Crippen LogP contribution < -0.4 is 0 Å². The van der Waals surface area contributed by atoms with Gasteiger partial charge in [0.15, 0.2) is 0 Å². The minimum Gasteiger partial charge on any atom is -0.481 e. The Hall–Kier alpha value is -2.44. The Bertz CT molecular complexity index is 531. The summed E-state index contributed by atoms with van der Waals surface area (Å²) in [6.07, 6.45) is -0.390. The van der Waals surface area contributed by atoms with E-state index in [4.69, 9.17) is 10.2 Å². The van der Waals surface area contributed by atoms with Crippen molar-refractivity contribution in [1.82, 2.24) is 4.90 Å². The van der Waals surface area contributed by atoms with E-state index in [1.165, 1.54) is 19.1 Å². The summed E-state index contributed by atoms with van der Waals surface area (Å²) >= 11 is 0. The van der Waals surface area contributed by atoms with Gasteiger partial charge in [-0.25, -0.2) is 9.18 Å². The molecule has 1 unspecified atom stereocenters. The Morgan fingerprint density at radius 2 is 1.95 bits per heavy atom. The summed E-state index contributed by atoms with van der Waals surface area (Å²) in [5, 5.41) is 17.6. The Morgan fingerprint density at radius 3 is 2.45 bits per heavy atom. The number of rotatable bonds is 6. The first-order valence-electron chi connectivity index (χ1n) is 5.84. The van der Waals surface area contributed by atoms with Crippen LogP contribution in [-0.4, -0.2) is 45.5 Å². The van der Waals surface area contributed by atoms with E-state index in [0.717, 1.165) is 17.0 Å². The van der Waals surface area contributed by atoms with Crippen LogP contribution in [0.4, 0.5) is 4.39 Å². The van der Waals surface area contributed by atoms with E-state index >= 15 is 0 Å². The zero-order valence-electron chi connectivity index (χ0n) is 10.7. The lowest BCUT2D eigenvalue weighted by atomic mass is 10.1. The van der Waals surface area contributed by atoms with Gasteiger partial charge in [-0.15, -0.1) is 0 Å². The van der Waals surface area contributed by atoms with E-state index in [-0.39, 0.29) is 12.1 Å². The zero-order chi connectivity index (χ0) is 15.3. The maximum atomic E-state index is 13.1. The van der Waals surface area contributed by atoms with E-state index in [1.807, 2.05) is 0 Å². The molecular formula is C13H14FNO5. The van der Waals surface area contributed by atoms with Crippen molar-refractivity contribution in [2.75, 3.05) is 6.54 Å². The first-order chi connectivity index (χ1) is 9.32. The molecule has 2 N–H and O–H groups in total. The molecule has 0 aliphatic rings. The van der Waals surface area contributed by atoms with Crippen LogP contribution in [0.15, 0.2) is 24.3 Å². The number of benzene rings is 1. The Labute approximate surface area is 114 Å². The minimum atomic E-state index is -1.26. The number of hydrogen-bond donors (Lipinski definition) is 2. The SMILES string of the molecule is CC(C(=O)O)N(CCC(=O)O)C(=O)c1cccc(F)c1. The summed E-state index contributed by atoms with van der Waals surface area (Å²) in [6, 6.07) is 3.59. The van der Waals surface area contributed by atoms with Crippen LogP contribution in [0.3, 0.4) is 0 Å². The summed E-state index contributed by atoms with van der Waals surface area (Å²) in [7, 11) is 0. The van der Waals surface area contributed by atoms with Crippen LogP contribution in [0, 0.1) is 5.82 Å². The summed E-state index contributed by atoms with van der Waals surface area (Å²) in [5.74, 6) is -3.77. The number of carbonyl (C=O) groups excluding carboxylic acids is 1. The molecule has 1 amide bonds. The zero-order valence-corrected chi connectivity index (χ0v) is 10.7. The van der Waals surface area contributed by atoms with Gasteiger partial charge in [0.2, 0.25) is 0 Å². The molecule has 0 spiro atoms. The molecule has 0 radical (unpaired) electrons. The van der Waals surface area contributed by atoms with Gasteiger partial charge < -0.3 is 15.1 Å². The van der Waals surface area contributed by atoms with Crippen LogP contribution in [0.25, 0.3) is 0 Å². The molecule has 1 atom stereocenters. The van der Waals surface area contributed by atoms with Gasteiger partial charge in [0.25, 0.3) is 5.91 Å². The molecule has 6 nitrogen and oxygen atoms in total. The Kier molecular flexibility index (Phi) is 5.19. The largest absolute Gasteiger partial charge is 0.481 e. The molecule has 0 saturated heterocycles. The van der Waals surface area contributed by atoms with E-state index < -0.39 is 36.1 Å². The summed E-state index contributed by atoms with van der Waals surface area (Å²) in [4.78, 5) is 34.6. The molecule has 20 heavy (non-hydrogen) atoms. The average Bonchev–Trinajstić information content (AvgIpc) is 2.37. The van der Waals surface area contributed by atoms with Crippen LogP contribution in [-0.2, 0) is 9.59 Å². The molecule has 1 aromatic rings. The molecule has 0 aromatic heterocycles. The first kappa shape index (κ1) is 15.6.